The standard InChI is InChI=1S/C20H26N4O2S2/c1-15(27)6-2-5-9-19(26)24-12-10-23(11-13-24)14-18(25)22-20-21-16-7-3-4-8-17(16)28-20/h3-4,7-8H,2,5-6,9-14H2,1H3,(H,21,22,25). The third-order valence-electron chi connectivity index (χ3n) is 4.80. The maximum absolute atomic E-state index is 12.3. The number of para-hydroxylation sites is 1. The van der Waals surface area contributed by atoms with Crippen LogP contribution in [0.25, 0.3) is 10.2 Å². The molecule has 0 aliphatic carbocycles. The highest BCUT2D eigenvalue weighted by Crippen LogP contribution is 2.25. The van der Waals surface area contributed by atoms with E-state index in [1.54, 1.807) is 0 Å². The number of benzene rings is 1. The highest BCUT2D eigenvalue weighted by molar-refractivity contribution is 7.80. The minimum Gasteiger partial charge on any atom is -0.340 e. The van der Waals surface area contributed by atoms with E-state index in [4.69, 9.17) is 12.2 Å². The Hall–Kier alpha value is -1.90. The Morgan fingerprint density at radius 1 is 1.14 bits per heavy atom. The first-order chi connectivity index (χ1) is 13.5. The predicted octanol–water partition coefficient (Wildman–Crippen LogP) is 3.33. The van der Waals surface area contributed by atoms with Gasteiger partial charge in [0.2, 0.25) is 11.8 Å². The molecule has 0 saturated carbocycles. The molecule has 1 saturated heterocycles. The number of hydrogen-bond acceptors (Lipinski definition) is 6. The molecule has 2 amide bonds. The monoisotopic (exact) mass is 418 g/mol. The highest BCUT2D eigenvalue weighted by atomic mass is 32.1. The maximum Gasteiger partial charge on any atom is 0.240 e. The van der Waals surface area contributed by atoms with Gasteiger partial charge in [0.05, 0.1) is 16.8 Å². The Morgan fingerprint density at radius 2 is 1.86 bits per heavy atom. The van der Waals surface area contributed by atoms with Crippen LogP contribution in [0, 0.1) is 0 Å². The van der Waals surface area contributed by atoms with Crippen LogP contribution < -0.4 is 5.32 Å². The molecule has 8 heteroatoms. The Kier molecular flexibility index (Phi) is 7.47. The van der Waals surface area contributed by atoms with Crippen molar-refractivity contribution in [1.29, 1.82) is 0 Å². The predicted molar refractivity (Wildman–Crippen MR) is 118 cm³/mol. The van der Waals surface area contributed by atoms with Gasteiger partial charge in [0.1, 0.15) is 0 Å². The molecule has 1 N–H and O–H groups in total. The molecule has 2 heterocycles. The van der Waals surface area contributed by atoms with E-state index < -0.39 is 0 Å². The van der Waals surface area contributed by atoms with Crippen molar-refractivity contribution in [3.05, 3.63) is 24.3 Å². The number of anilines is 1. The van der Waals surface area contributed by atoms with E-state index >= 15 is 0 Å². The fourth-order valence-corrected chi connectivity index (χ4v) is 4.28. The highest BCUT2D eigenvalue weighted by Gasteiger charge is 2.22. The third kappa shape index (κ3) is 6.05. The van der Waals surface area contributed by atoms with Crippen molar-refractivity contribution < 1.29 is 9.59 Å². The Morgan fingerprint density at radius 3 is 2.57 bits per heavy atom. The number of rotatable bonds is 8. The van der Waals surface area contributed by atoms with Gasteiger partial charge < -0.3 is 10.2 Å². The van der Waals surface area contributed by atoms with Gasteiger partial charge in [-0.25, -0.2) is 4.98 Å². The second kappa shape index (κ2) is 10.0. The summed E-state index contributed by atoms with van der Waals surface area (Å²) in [6.07, 6.45) is 3.37. The molecule has 1 aromatic carbocycles. The van der Waals surface area contributed by atoms with E-state index in [0.29, 0.717) is 31.2 Å². The first-order valence-electron chi connectivity index (χ1n) is 9.66. The molecule has 0 unspecified atom stereocenters. The fourth-order valence-electron chi connectivity index (χ4n) is 3.25. The maximum atomic E-state index is 12.3. The second-order valence-corrected chi connectivity index (χ2v) is 8.83. The van der Waals surface area contributed by atoms with Crippen LogP contribution in [0.1, 0.15) is 32.6 Å². The van der Waals surface area contributed by atoms with Crippen LogP contribution >= 0.6 is 23.6 Å². The first-order valence-corrected chi connectivity index (χ1v) is 10.9. The summed E-state index contributed by atoms with van der Waals surface area (Å²) >= 11 is 6.55. The van der Waals surface area contributed by atoms with E-state index in [0.717, 1.165) is 47.4 Å². The van der Waals surface area contributed by atoms with Crippen LogP contribution in [-0.2, 0) is 9.59 Å². The van der Waals surface area contributed by atoms with Crippen LogP contribution in [-0.4, -0.2) is 64.2 Å². The third-order valence-corrected chi connectivity index (χ3v) is 5.96. The van der Waals surface area contributed by atoms with Gasteiger partial charge in [0.15, 0.2) is 5.13 Å². The van der Waals surface area contributed by atoms with Gasteiger partial charge in [-0.15, -0.1) is 0 Å². The number of piperazine rings is 1. The van der Waals surface area contributed by atoms with Crippen LogP contribution in [0.2, 0.25) is 0 Å². The molecule has 2 aromatic rings. The molecule has 1 aliphatic rings. The topological polar surface area (TPSA) is 65.5 Å². The molecule has 1 aliphatic heterocycles. The van der Waals surface area contributed by atoms with Gasteiger partial charge in [0.25, 0.3) is 0 Å². The van der Waals surface area contributed by atoms with Gasteiger partial charge in [-0.2, -0.15) is 0 Å². The molecular weight excluding hydrogens is 392 g/mol. The molecule has 150 valence electrons. The normalized spacial score (nSPS) is 15.0. The molecular formula is C20H26N4O2S2. The summed E-state index contributed by atoms with van der Waals surface area (Å²) in [5.74, 6) is 0.148. The lowest BCUT2D eigenvalue weighted by molar-refractivity contribution is -0.133. The quantitative estimate of drug-likeness (QED) is 0.526. The van der Waals surface area contributed by atoms with Crippen LogP contribution in [0.4, 0.5) is 5.13 Å². The lowest BCUT2D eigenvalue weighted by Crippen LogP contribution is -2.50. The smallest absolute Gasteiger partial charge is 0.240 e. The van der Waals surface area contributed by atoms with Crippen molar-refractivity contribution in [1.82, 2.24) is 14.8 Å². The summed E-state index contributed by atoms with van der Waals surface area (Å²) in [5.41, 5.74) is 0.899. The summed E-state index contributed by atoms with van der Waals surface area (Å²) in [6, 6.07) is 7.84. The van der Waals surface area contributed by atoms with Crippen molar-refractivity contribution in [2.45, 2.75) is 32.6 Å². The van der Waals surface area contributed by atoms with E-state index in [1.807, 2.05) is 36.1 Å². The van der Waals surface area contributed by atoms with Crippen molar-refractivity contribution >= 4 is 55.6 Å². The number of nitrogens with zero attached hydrogens (tertiary/aromatic N) is 3. The van der Waals surface area contributed by atoms with Crippen molar-refractivity contribution in [2.24, 2.45) is 0 Å². The second-order valence-electron chi connectivity index (χ2n) is 7.10. The number of aromatic nitrogens is 1. The minimum absolute atomic E-state index is 0.0608. The van der Waals surface area contributed by atoms with E-state index in [1.165, 1.54) is 11.3 Å². The van der Waals surface area contributed by atoms with Crippen LogP contribution in [0.5, 0.6) is 0 Å². The van der Waals surface area contributed by atoms with E-state index in [9.17, 15) is 9.59 Å². The number of thiocarbonyl (C=S) groups is 1. The van der Waals surface area contributed by atoms with Gasteiger partial charge in [-0.05, 0) is 43.2 Å². The van der Waals surface area contributed by atoms with Crippen LogP contribution in [0.15, 0.2) is 24.3 Å². The molecule has 1 fully saturated rings. The molecule has 28 heavy (non-hydrogen) atoms. The van der Waals surface area contributed by atoms with Gasteiger partial charge in [-0.1, -0.05) is 35.7 Å². The van der Waals surface area contributed by atoms with E-state index in [2.05, 4.69) is 15.2 Å². The molecule has 0 atom stereocenters. The largest absolute Gasteiger partial charge is 0.340 e. The number of carbonyl (C=O) groups excluding carboxylic acids is 2. The zero-order valence-electron chi connectivity index (χ0n) is 16.1. The number of hydrogen-bond donors (Lipinski definition) is 1. The number of amides is 2. The average Bonchev–Trinajstić information content (AvgIpc) is 3.07. The average molecular weight is 419 g/mol. The molecule has 0 spiro atoms. The Balaban J connectivity index is 1.38. The van der Waals surface area contributed by atoms with Gasteiger partial charge in [-0.3, -0.25) is 14.5 Å². The number of nitrogens with one attached hydrogen (secondary N) is 1. The number of carbonyl (C=O) groups is 2. The fraction of sp³-hybridized carbons (Fsp3) is 0.500. The van der Waals surface area contributed by atoms with Crippen molar-refractivity contribution in [2.75, 3.05) is 38.0 Å². The SMILES string of the molecule is CC(=S)CCCCC(=O)N1CCN(CC(=O)Nc2nc3ccccc3s2)CC1. The summed E-state index contributed by atoms with van der Waals surface area (Å²) in [6.45, 7) is 5.07. The lowest BCUT2D eigenvalue weighted by atomic mass is 10.1. The van der Waals surface area contributed by atoms with Crippen molar-refractivity contribution in [3.8, 4) is 0 Å². The van der Waals surface area contributed by atoms with Gasteiger partial charge in [0, 0.05) is 32.6 Å². The molecule has 6 nitrogen and oxygen atoms in total. The molecule has 0 radical (unpaired) electrons. The lowest BCUT2D eigenvalue weighted by Gasteiger charge is -2.34. The van der Waals surface area contributed by atoms with Crippen LogP contribution in [0.3, 0.4) is 0 Å². The van der Waals surface area contributed by atoms with Crippen molar-refractivity contribution in [3.63, 3.8) is 0 Å². The van der Waals surface area contributed by atoms with Gasteiger partial charge >= 0.3 is 0 Å². The summed E-state index contributed by atoms with van der Waals surface area (Å²) in [5, 5.41) is 3.52. The number of unbranched alkanes of at least 4 members (excludes halogenated alkanes) is 1. The number of fused-ring (bicyclic) bond motifs is 1. The number of thiazole rings is 1. The summed E-state index contributed by atoms with van der Waals surface area (Å²) in [7, 11) is 0. The zero-order chi connectivity index (χ0) is 19.9. The Labute approximate surface area is 174 Å². The Bertz CT molecular complexity index is 811. The molecule has 1 aromatic heterocycles. The summed E-state index contributed by atoms with van der Waals surface area (Å²) in [4.78, 5) is 34.0. The molecule has 3 rings (SSSR count). The summed E-state index contributed by atoms with van der Waals surface area (Å²) < 4.78 is 1.06. The molecule has 0 bridgehead atoms. The first kappa shape index (κ1) is 20.8. The zero-order valence-corrected chi connectivity index (χ0v) is 17.8. The van der Waals surface area contributed by atoms with E-state index in [-0.39, 0.29) is 11.8 Å². The minimum atomic E-state index is -0.0608.